The third-order valence-corrected chi connectivity index (χ3v) is 4.27. The third kappa shape index (κ3) is 4.60. The topological polar surface area (TPSA) is 50.4 Å². The Balaban J connectivity index is 1.85. The van der Waals surface area contributed by atoms with Crippen molar-refractivity contribution in [1.29, 1.82) is 0 Å². The maximum atomic E-state index is 13.6. The lowest BCUT2D eigenvalue weighted by molar-refractivity contribution is -0.155. The zero-order valence-corrected chi connectivity index (χ0v) is 15.1. The van der Waals surface area contributed by atoms with Crippen LogP contribution in [0.4, 0.5) is 13.2 Å². The van der Waals surface area contributed by atoms with Crippen molar-refractivity contribution in [1.82, 2.24) is 10.6 Å². The molecule has 27 heavy (non-hydrogen) atoms. The molecule has 0 radical (unpaired) electrons. The average Bonchev–Trinajstić information content (AvgIpc) is 3.05. The van der Waals surface area contributed by atoms with E-state index in [9.17, 15) is 18.0 Å². The van der Waals surface area contributed by atoms with Gasteiger partial charge in [-0.25, -0.2) is 0 Å². The maximum Gasteiger partial charge on any atom is 0.412 e. The lowest BCUT2D eigenvalue weighted by Crippen LogP contribution is -2.38. The normalized spacial score (nSPS) is 14.7. The number of rotatable bonds is 5. The molecule has 3 rings (SSSR count). The maximum absolute atomic E-state index is 13.6. The van der Waals surface area contributed by atoms with E-state index < -0.39 is 18.1 Å². The van der Waals surface area contributed by atoms with Gasteiger partial charge in [-0.1, -0.05) is 18.2 Å². The molecule has 144 valence electrons. The van der Waals surface area contributed by atoms with Crippen LogP contribution in [0.25, 0.3) is 0 Å². The molecular weight excluding hydrogens is 357 g/mol. The summed E-state index contributed by atoms with van der Waals surface area (Å²) < 4.78 is 46.4. The number of carbonyl (C=O) groups is 1. The van der Waals surface area contributed by atoms with Crippen LogP contribution in [0.1, 0.15) is 46.9 Å². The number of halogens is 3. The van der Waals surface area contributed by atoms with E-state index >= 15 is 0 Å². The molecule has 0 unspecified atom stereocenters. The van der Waals surface area contributed by atoms with Crippen LogP contribution in [-0.2, 0) is 13.1 Å². The van der Waals surface area contributed by atoms with E-state index in [1.54, 1.807) is 38.1 Å². The van der Waals surface area contributed by atoms with Crippen molar-refractivity contribution in [2.24, 2.45) is 0 Å². The fourth-order valence-corrected chi connectivity index (χ4v) is 3.04. The number of amides is 1. The summed E-state index contributed by atoms with van der Waals surface area (Å²) in [6.45, 7) is 4.88. The highest BCUT2D eigenvalue weighted by molar-refractivity contribution is 5.94. The van der Waals surface area contributed by atoms with Gasteiger partial charge in [0.15, 0.2) is 6.04 Å². The summed E-state index contributed by atoms with van der Waals surface area (Å²) in [5.74, 6) is -0.434. The Morgan fingerprint density at radius 3 is 2.56 bits per heavy atom. The smallest absolute Gasteiger partial charge is 0.412 e. The molecule has 2 aromatic carbocycles. The van der Waals surface area contributed by atoms with Gasteiger partial charge < -0.3 is 15.4 Å². The second-order valence-electron chi connectivity index (χ2n) is 6.77. The molecule has 0 aliphatic carbocycles. The summed E-state index contributed by atoms with van der Waals surface area (Å²) in [4.78, 5) is 12.5. The summed E-state index contributed by atoms with van der Waals surface area (Å²) in [6, 6.07) is 8.55. The van der Waals surface area contributed by atoms with Gasteiger partial charge in [0.1, 0.15) is 5.75 Å². The van der Waals surface area contributed by atoms with Crippen molar-refractivity contribution in [3.63, 3.8) is 0 Å². The molecule has 2 N–H and O–H groups in total. The summed E-state index contributed by atoms with van der Waals surface area (Å²) in [6.07, 6.45) is -4.80. The molecule has 1 heterocycles. The minimum atomic E-state index is -4.63. The highest BCUT2D eigenvalue weighted by atomic mass is 19.4. The van der Waals surface area contributed by atoms with Gasteiger partial charge in [-0.2, -0.15) is 13.2 Å². The zero-order valence-electron chi connectivity index (χ0n) is 15.1. The predicted octanol–water partition coefficient (Wildman–Crippen LogP) is 4.11. The van der Waals surface area contributed by atoms with Crippen molar-refractivity contribution >= 4 is 5.91 Å². The SMILES string of the molecule is CC(C)Oc1cccc([C@@H](NC(=O)c2ccc3c(c2)CNC3)C(F)(F)F)c1. The highest BCUT2D eigenvalue weighted by Gasteiger charge is 2.42. The molecule has 0 spiro atoms. The second kappa shape index (κ2) is 7.60. The molecular formula is C20H21F3N2O2. The fourth-order valence-electron chi connectivity index (χ4n) is 3.04. The van der Waals surface area contributed by atoms with Gasteiger partial charge in [-0.3, -0.25) is 4.79 Å². The Kier molecular flexibility index (Phi) is 5.41. The third-order valence-electron chi connectivity index (χ3n) is 4.27. The molecule has 1 aliphatic rings. The first-order valence-corrected chi connectivity index (χ1v) is 8.71. The summed E-state index contributed by atoms with van der Waals surface area (Å²) in [5.41, 5.74) is 2.12. The van der Waals surface area contributed by atoms with Gasteiger partial charge in [0.05, 0.1) is 6.10 Å². The van der Waals surface area contributed by atoms with E-state index in [0.29, 0.717) is 18.8 Å². The van der Waals surface area contributed by atoms with Crippen molar-refractivity contribution < 1.29 is 22.7 Å². The first kappa shape index (κ1) is 19.2. The van der Waals surface area contributed by atoms with Crippen LogP contribution in [0.15, 0.2) is 42.5 Å². The van der Waals surface area contributed by atoms with Crippen LogP contribution in [0, 0.1) is 0 Å². The first-order valence-electron chi connectivity index (χ1n) is 8.71. The number of fused-ring (bicyclic) bond motifs is 1. The summed E-state index contributed by atoms with van der Waals surface area (Å²) >= 11 is 0. The zero-order chi connectivity index (χ0) is 19.6. The molecule has 0 fully saturated rings. The van der Waals surface area contributed by atoms with Crippen molar-refractivity contribution in [3.05, 3.63) is 64.7 Å². The van der Waals surface area contributed by atoms with Gasteiger partial charge in [-0.05, 0) is 54.8 Å². The van der Waals surface area contributed by atoms with E-state index in [1.165, 1.54) is 18.2 Å². The van der Waals surface area contributed by atoms with Gasteiger partial charge in [0, 0.05) is 18.7 Å². The molecule has 0 saturated heterocycles. The largest absolute Gasteiger partial charge is 0.491 e. The molecule has 7 heteroatoms. The van der Waals surface area contributed by atoms with Crippen LogP contribution in [-0.4, -0.2) is 18.2 Å². The first-order chi connectivity index (χ1) is 12.7. The molecule has 1 amide bonds. The lowest BCUT2D eigenvalue weighted by Gasteiger charge is -2.23. The van der Waals surface area contributed by atoms with Gasteiger partial charge in [0.25, 0.3) is 5.91 Å². The van der Waals surface area contributed by atoms with Crippen LogP contribution in [0.2, 0.25) is 0 Å². The molecule has 0 bridgehead atoms. The molecule has 2 aromatic rings. The van der Waals surface area contributed by atoms with Crippen LogP contribution in [0.3, 0.4) is 0 Å². The van der Waals surface area contributed by atoms with Crippen LogP contribution >= 0.6 is 0 Å². The number of alkyl halides is 3. The average molecular weight is 378 g/mol. The number of hydrogen-bond acceptors (Lipinski definition) is 3. The van der Waals surface area contributed by atoms with E-state index in [-0.39, 0.29) is 17.2 Å². The van der Waals surface area contributed by atoms with Crippen LogP contribution in [0.5, 0.6) is 5.75 Å². The predicted molar refractivity (Wildman–Crippen MR) is 95.5 cm³/mol. The number of hydrogen-bond donors (Lipinski definition) is 2. The molecule has 1 atom stereocenters. The monoisotopic (exact) mass is 378 g/mol. The van der Waals surface area contributed by atoms with E-state index in [2.05, 4.69) is 10.6 Å². The fraction of sp³-hybridized carbons (Fsp3) is 0.350. The van der Waals surface area contributed by atoms with Gasteiger partial charge in [-0.15, -0.1) is 0 Å². The van der Waals surface area contributed by atoms with Crippen molar-refractivity contribution in [3.8, 4) is 5.75 Å². The second-order valence-corrected chi connectivity index (χ2v) is 6.77. The van der Waals surface area contributed by atoms with Gasteiger partial charge in [0.2, 0.25) is 0 Å². The van der Waals surface area contributed by atoms with Crippen LogP contribution < -0.4 is 15.4 Å². The Hall–Kier alpha value is -2.54. The number of carbonyl (C=O) groups excluding carboxylic acids is 1. The number of nitrogens with one attached hydrogen (secondary N) is 2. The van der Waals surface area contributed by atoms with E-state index in [1.807, 2.05) is 0 Å². The lowest BCUT2D eigenvalue weighted by atomic mass is 10.0. The highest BCUT2D eigenvalue weighted by Crippen LogP contribution is 2.34. The number of benzene rings is 2. The Morgan fingerprint density at radius 1 is 1.11 bits per heavy atom. The Labute approximate surface area is 155 Å². The minimum Gasteiger partial charge on any atom is -0.491 e. The van der Waals surface area contributed by atoms with E-state index in [0.717, 1.165) is 11.1 Å². The van der Waals surface area contributed by atoms with Crippen molar-refractivity contribution in [2.45, 2.75) is 45.3 Å². The summed E-state index contributed by atoms with van der Waals surface area (Å²) in [7, 11) is 0. The summed E-state index contributed by atoms with van der Waals surface area (Å²) in [5, 5.41) is 5.26. The molecule has 1 aliphatic heterocycles. The Morgan fingerprint density at radius 2 is 1.85 bits per heavy atom. The standard InChI is InChI=1S/C20H21F3N2O2/c1-12(2)27-17-5-3-4-13(9-17)18(20(21,22)23)25-19(26)14-6-7-15-10-24-11-16(15)8-14/h3-9,12,18,24H,10-11H2,1-2H3,(H,25,26)/t18-/m1/s1. The minimum absolute atomic E-state index is 0.0724. The van der Waals surface area contributed by atoms with E-state index in [4.69, 9.17) is 4.74 Å². The van der Waals surface area contributed by atoms with Crippen molar-refractivity contribution in [2.75, 3.05) is 0 Å². The quantitative estimate of drug-likeness (QED) is 0.823. The Bertz CT molecular complexity index is 834. The molecule has 0 aromatic heterocycles. The molecule has 0 saturated carbocycles. The van der Waals surface area contributed by atoms with Gasteiger partial charge >= 0.3 is 6.18 Å². The number of ether oxygens (including phenoxy) is 1. The molecule has 4 nitrogen and oxygen atoms in total.